The Hall–Kier alpha value is -1.07. The standard InChI is InChI=1S/C14H23ClN4O/c1-3-14(16,4-2)9-17-12-11(15)7-18-19(13(12)20)8-10-5-6-10/h7,10,17H,3-6,8-9,16H2,1-2H3. The van der Waals surface area contributed by atoms with E-state index in [-0.39, 0.29) is 11.1 Å². The van der Waals surface area contributed by atoms with E-state index in [2.05, 4.69) is 10.4 Å². The van der Waals surface area contributed by atoms with Gasteiger partial charge in [0.05, 0.1) is 11.2 Å². The Morgan fingerprint density at radius 2 is 2.15 bits per heavy atom. The molecule has 2 rings (SSSR count). The Balaban J connectivity index is 2.15. The summed E-state index contributed by atoms with van der Waals surface area (Å²) in [4.78, 5) is 12.4. The normalized spacial score (nSPS) is 15.4. The zero-order valence-electron chi connectivity index (χ0n) is 12.2. The van der Waals surface area contributed by atoms with E-state index in [0.29, 0.717) is 29.7 Å². The summed E-state index contributed by atoms with van der Waals surface area (Å²) in [5.41, 5.74) is 6.19. The zero-order chi connectivity index (χ0) is 14.8. The van der Waals surface area contributed by atoms with Crippen molar-refractivity contribution in [1.82, 2.24) is 9.78 Å². The number of nitrogens with one attached hydrogen (secondary N) is 1. The van der Waals surface area contributed by atoms with Gasteiger partial charge in [0, 0.05) is 18.6 Å². The fourth-order valence-electron chi connectivity index (χ4n) is 2.07. The van der Waals surface area contributed by atoms with Crippen LogP contribution in [0, 0.1) is 5.92 Å². The number of nitrogens with two attached hydrogens (primary N) is 1. The summed E-state index contributed by atoms with van der Waals surface area (Å²) >= 11 is 6.09. The van der Waals surface area contributed by atoms with E-state index in [9.17, 15) is 4.79 Å². The van der Waals surface area contributed by atoms with E-state index >= 15 is 0 Å². The van der Waals surface area contributed by atoms with Crippen LogP contribution in [0.3, 0.4) is 0 Å². The molecule has 112 valence electrons. The van der Waals surface area contributed by atoms with Crippen LogP contribution >= 0.6 is 11.6 Å². The third-order valence-corrected chi connectivity index (χ3v) is 4.44. The van der Waals surface area contributed by atoms with Gasteiger partial charge in [-0.25, -0.2) is 4.68 Å². The molecule has 1 aromatic rings. The molecule has 1 aliphatic carbocycles. The Morgan fingerprint density at radius 1 is 1.50 bits per heavy atom. The van der Waals surface area contributed by atoms with Crippen molar-refractivity contribution < 1.29 is 0 Å². The Bertz CT molecular complexity index is 520. The molecule has 0 spiro atoms. The molecule has 0 bridgehead atoms. The van der Waals surface area contributed by atoms with Crippen molar-refractivity contribution in [2.45, 2.75) is 51.6 Å². The number of aromatic nitrogens is 2. The highest BCUT2D eigenvalue weighted by Gasteiger charge is 2.24. The first kappa shape index (κ1) is 15.3. The predicted molar refractivity (Wildman–Crippen MR) is 82.2 cm³/mol. The van der Waals surface area contributed by atoms with Crippen LogP contribution in [0.1, 0.15) is 39.5 Å². The monoisotopic (exact) mass is 298 g/mol. The lowest BCUT2D eigenvalue weighted by Gasteiger charge is -2.27. The van der Waals surface area contributed by atoms with Crippen molar-refractivity contribution in [2.75, 3.05) is 11.9 Å². The molecule has 1 aliphatic rings. The average molecular weight is 299 g/mol. The molecule has 20 heavy (non-hydrogen) atoms. The van der Waals surface area contributed by atoms with E-state index in [1.807, 2.05) is 13.8 Å². The minimum atomic E-state index is -0.319. The summed E-state index contributed by atoms with van der Waals surface area (Å²) in [6.45, 7) is 5.30. The van der Waals surface area contributed by atoms with Crippen LogP contribution < -0.4 is 16.6 Å². The van der Waals surface area contributed by atoms with Gasteiger partial charge < -0.3 is 11.1 Å². The van der Waals surface area contributed by atoms with E-state index < -0.39 is 0 Å². The molecular weight excluding hydrogens is 276 g/mol. The van der Waals surface area contributed by atoms with E-state index in [1.54, 1.807) is 0 Å². The maximum absolute atomic E-state index is 12.4. The maximum atomic E-state index is 12.4. The molecule has 0 saturated heterocycles. The summed E-state index contributed by atoms with van der Waals surface area (Å²) < 4.78 is 1.50. The Morgan fingerprint density at radius 3 is 2.70 bits per heavy atom. The third kappa shape index (κ3) is 3.52. The molecule has 5 nitrogen and oxygen atoms in total. The molecule has 0 aromatic carbocycles. The van der Waals surface area contributed by atoms with Gasteiger partial charge in [-0.2, -0.15) is 5.10 Å². The second-order valence-corrected chi connectivity index (χ2v) is 6.13. The number of halogens is 1. The first-order valence-corrected chi connectivity index (χ1v) is 7.65. The van der Waals surface area contributed by atoms with Crippen LogP contribution in [0.5, 0.6) is 0 Å². The van der Waals surface area contributed by atoms with Crippen molar-refractivity contribution in [2.24, 2.45) is 11.7 Å². The minimum Gasteiger partial charge on any atom is -0.377 e. The number of nitrogens with zero attached hydrogens (tertiary/aromatic N) is 2. The summed E-state index contributed by atoms with van der Waals surface area (Å²) in [5, 5.41) is 7.59. The molecule has 1 saturated carbocycles. The Labute approximate surface area is 124 Å². The maximum Gasteiger partial charge on any atom is 0.291 e. The predicted octanol–water partition coefficient (Wildman–Crippen LogP) is 2.24. The fourth-order valence-corrected chi connectivity index (χ4v) is 2.26. The van der Waals surface area contributed by atoms with Gasteiger partial charge in [-0.1, -0.05) is 25.4 Å². The smallest absolute Gasteiger partial charge is 0.291 e. The number of hydrogen-bond acceptors (Lipinski definition) is 4. The van der Waals surface area contributed by atoms with Gasteiger partial charge in [0.25, 0.3) is 5.56 Å². The lowest BCUT2D eigenvalue weighted by molar-refractivity contribution is 0.417. The lowest BCUT2D eigenvalue weighted by atomic mass is 9.94. The van der Waals surface area contributed by atoms with Gasteiger partial charge >= 0.3 is 0 Å². The molecule has 1 heterocycles. The highest BCUT2D eigenvalue weighted by molar-refractivity contribution is 6.32. The van der Waals surface area contributed by atoms with Gasteiger partial charge in [0.1, 0.15) is 5.69 Å². The molecule has 0 unspecified atom stereocenters. The quantitative estimate of drug-likeness (QED) is 0.810. The second-order valence-electron chi connectivity index (χ2n) is 5.72. The second kappa shape index (κ2) is 6.14. The fraction of sp³-hybridized carbons (Fsp3) is 0.714. The van der Waals surface area contributed by atoms with E-state index in [1.165, 1.54) is 23.7 Å². The molecular formula is C14H23ClN4O. The van der Waals surface area contributed by atoms with Gasteiger partial charge in [-0.05, 0) is 31.6 Å². The molecule has 0 atom stereocenters. The van der Waals surface area contributed by atoms with Gasteiger partial charge in [-0.3, -0.25) is 4.79 Å². The summed E-state index contributed by atoms with van der Waals surface area (Å²) in [5.74, 6) is 0.592. The van der Waals surface area contributed by atoms with Crippen molar-refractivity contribution in [3.05, 3.63) is 21.6 Å². The van der Waals surface area contributed by atoms with E-state index in [0.717, 1.165) is 12.8 Å². The van der Waals surface area contributed by atoms with Crippen molar-refractivity contribution in [3.63, 3.8) is 0 Å². The van der Waals surface area contributed by atoms with E-state index in [4.69, 9.17) is 17.3 Å². The zero-order valence-corrected chi connectivity index (χ0v) is 12.9. The topological polar surface area (TPSA) is 72.9 Å². The van der Waals surface area contributed by atoms with Crippen LogP contribution in [-0.2, 0) is 6.54 Å². The molecule has 0 aliphatic heterocycles. The van der Waals surface area contributed by atoms with Crippen molar-refractivity contribution in [3.8, 4) is 0 Å². The van der Waals surface area contributed by atoms with Gasteiger partial charge in [0.2, 0.25) is 0 Å². The van der Waals surface area contributed by atoms with Crippen LogP contribution in [-0.4, -0.2) is 21.9 Å². The Kier molecular flexibility index (Phi) is 4.70. The lowest BCUT2D eigenvalue weighted by Crippen LogP contribution is -2.46. The first-order valence-electron chi connectivity index (χ1n) is 7.27. The molecule has 1 fully saturated rings. The van der Waals surface area contributed by atoms with Crippen LogP contribution in [0.4, 0.5) is 5.69 Å². The number of hydrogen-bond donors (Lipinski definition) is 2. The van der Waals surface area contributed by atoms with Gasteiger partial charge in [-0.15, -0.1) is 0 Å². The van der Waals surface area contributed by atoms with Crippen LogP contribution in [0.2, 0.25) is 5.02 Å². The third-order valence-electron chi connectivity index (χ3n) is 4.15. The van der Waals surface area contributed by atoms with Crippen LogP contribution in [0.25, 0.3) is 0 Å². The van der Waals surface area contributed by atoms with Gasteiger partial charge in [0.15, 0.2) is 0 Å². The first-order chi connectivity index (χ1) is 9.49. The summed E-state index contributed by atoms with van der Waals surface area (Å²) in [7, 11) is 0. The summed E-state index contributed by atoms with van der Waals surface area (Å²) in [6, 6.07) is 0. The minimum absolute atomic E-state index is 0.154. The molecule has 1 aromatic heterocycles. The molecule has 0 amide bonds. The molecule has 6 heteroatoms. The summed E-state index contributed by atoms with van der Waals surface area (Å²) in [6.07, 6.45) is 5.57. The number of anilines is 1. The van der Waals surface area contributed by atoms with Crippen molar-refractivity contribution >= 4 is 17.3 Å². The van der Waals surface area contributed by atoms with Crippen molar-refractivity contribution in [1.29, 1.82) is 0 Å². The average Bonchev–Trinajstić information content (AvgIpc) is 3.25. The molecule has 3 N–H and O–H groups in total. The largest absolute Gasteiger partial charge is 0.377 e. The van der Waals surface area contributed by atoms with Crippen LogP contribution in [0.15, 0.2) is 11.0 Å². The highest BCUT2D eigenvalue weighted by atomic mass is 35.5. The number of rotatable bonds is 7. The highest BCUT2D eigenvalue weighted by Crippen LogP contribution is 2.30. The SMILES string of the molecule is CCC(N)(CC)CNc1c(Cl)cnn(CC2CC2)c1=O. The molecule has 0 radical (unpaired) electrons.